The van der Waals surface area contributed by atoms with Crippen molar-refractivity contribution in [3.63, 3.8) is 0 Å². The maximum Gasteiger partial charge on any atom is 0.193 e. The van der Waals surface area contributed by atoms with E-state index in [0.29, 0.717) is 12.0 Å². The second-order valence-corrected chi connectivity index (χ2v) is 4.81. The molecule has 2 fully saturated rings. The Hall–Kier alpha value is -1.51. The Morgan fingerprint density at radius 2 is 2.00 bits per heavy atom. The van der Waals surface area contributed by atoms with E-state index in [0.717, 1.165) is 17.5 Å². The zero-order chi connectivity index (χ0) is 11.0. The van der Waals surface area contributed by atoms with Crippen LogP contribution in [0.4, 0.5) is 5.69 Å². The summed E-state index contributed by atoms with van der Waals surface area (Å²) < 4.78 is 0. The molecule has 0 aliphatic heterocycles. The Kier molecular flexibility index (Phi) is 2.31. The number of nitrogens with two attached hydrogens (primary N) is 1. The topological polar surface area (TPSA) is 50.4 Å². The van der Waals surface area contributed by atoms with Crippen LogP contribution in [0.15, 0.2) is 35.3 Å². The van der Waals surface area contributed by atoms with Crippen molar-refractivity contribution in [3.8, 4) is 0 Å². The second-order valence-electron chi connectivity index (χ2n) is 4.81. The molecule has 84 valence electrons. The van der Waals surface area contributed by atoms with Gasteiger partial charge in [0.05, 0.1) is 6.04 Å². The predicted molar refractivity (Wildman–Crippen MR) is 66.3 cm³/mol. The Balaban J connectivity index is 1.57. The summed E-state index contributed by atoms with van der Waals surface area (Å²) in [5.74, 6) is 2.34. The zero-order valence-corrected chi connectivity index (χ0v) is 9.26. The average Bonchev–Trinajstić information content (AvgIpc) is 3.12. The fourth-order valence-electron chi connectivity index (χ4n) is 2.26. The molecule has 0 aromatic heterocycles. The largest absolute Gasteiger partial charge is 0.370 e. The molecule has 0 spiro atoms. The van der Waals surface area contributed by atoms with Crippen LogP contribution in [0.25, 0.3) is 0 Å². The molecule has 3 nitrogen and oxygen atoms in total. The van der Waals surface area contributed by atoms with Crippen molar-refractivity contribution in [1.82, 2.24) is 0 Å². The van der Waals surface area contributed by atoms with Crippen LogP contribution < -0.4 is 11.1 Å². The summed E-state index contributed by atoms with van der Waals surface area (Å²) in [6.45, 7) is 0. The molecule has 16 heavy (non-hydrogen) atoms. The molecular weight excluding hydrogens is 198 g/mol. The quantitative estimate of drug-likeness (QED) is 0.600. The Labute approximate surface area is 95.8 Å². The van der Waals surface area contributed by atoms with Crippen LogP contribution >= 0.6 is 0 Å². The number of hydrogen-bond acceptors (Lipinski definition) is 1. The molecule has 2 atom stereocenters. The number of anilines is 1. The number of rotatable bonds is 3. The Morgan fingerprint density at radius 3 is 2.69 bits per heavy atom. The van der Waals surface area contributed by atoms with Gasteiger partial charge in [-0.15, -0.1) is 0 Å². The molecule has 2 aliphatic rings. The van der Waals surface area contributed by atoms with Crippen LogP contribution in [-0.4, -0.2) is 12.0 Å². The first-order chi connectivity index (χ1) is 7.83. The van der Waals surface area contributed by atoms with Gasteiger partial charge in [-0.3, -0.25) is 0 Å². The van der Waals surface area contributed by atoms with Crippen LogP contribution in [0.2, 0.25) is 0 Å². The molecule has 0 radical (unpaired) electrons. The minimum Gasteiger partial charge on any atom is -0.370 e. The van der Waals surface area contributed by atoms with E-state index in [1.54, 1.807) is 0 Å². The summed E-state index contributed by atoms with van der Waals surface area (Å²) in [6.07, 6.45) is 4.05. The average molecular weight is 215 g/mol. The normalized spacial score (nSPS) is 28.9. The van der Waals surface area contributed by atoms with E-state index in [-0.39, 0.29) is 0 Å². The number of benzene rings is 1. The number of para-hydroxylation sites is 1. The number of hydrogen-bond donors (Lipinski definition) is 2. The standard InChI is InChI=1S/C13H17N3/c14-13(15-10-4-2-1-3-5-10)16-12-8-11(12)9-6-7-9/h1-5,9,11-12H,6-8H2,(H3,14,15,16)/t11-,12+/m0/s1. The summed E-state index contributed by atoms with van der Waals surface area (Å²) in [4.78, 5) is 4.51. The Morgan fingerprint density at radius 1 is 1.25 bits per heavy atom. The fourth-order valence-corrected chi connectivity index (χ4v) is 2.26. The van der Waals surface area contributed by atoms with Gasteiger partial charge < -0.3 is 11.1 Å². The van der Waals surface area contributed by atoms with E-state index in [2.05, 4.69) is 10.3 Å². The van der Waals surface area contributed by atoms with E-state index in [1.807, 2.05) is 30.3 Å². The van der Waals surface area contributed by atoms with Crippen LogP contribution in [0.5, 0.6) is 0 Å². The van der Waals surface area contributed by atoms with Crippen molar-refractivity contribution in [2.75, 3.05) is 5.32 Å². The molecule has 0 heterocycles. The number of nitrogens with zero attached hydrogens (tertiary/aromatic N) is 1. The highest BCUT2D eigenvalue weighted by Crippen LogP contribution is 2.51. The first-order valence-corrected chi connectivity index (χ1v) is 5.98. The molecule has 0 saturated heterocycles. The molecule has 3 N–H and O–H groups in total. The van der Waals surface area contributed by atoms with Crippen LogP contribution in [0.1, 0.15) is 19.3 Å². The van der Waals surface area contributed by atoms with Gasteiger partial charge in [-0.05, 0) is 43.2 Å². The summed E-state index contributed by atoms with van der Waals surface area (Å²) in [6, 6.07) is 10.4. The van der Waals surface area contributed by atoms with Gasteiger partial charge in [0.15, 0.2) is 5.96 Å². The maximum atomic E-state index is 5.87. The SMILES string of the molecule is NC(=N[C@@H]1C[C@H]1C1CC1)Nc1ccccc1. The monoisotopic (exact) mass is 215 g/mol. The summed E-state index contributed by atoms with van der Waals surface area (Å²) >= 11 is 0. The second kappa shape index (κ2) is 3.81. The molecule has 3 rings (SSSR count). The van der Waals surface area contributed by atoms with Gasteiger partial charge in [0, 0.05) is 5.69 Å². The van der Waals surface area contributed by atoms with Crippen molar-refractivity contribution in [2.24, 2.45) is 22.6 Å². The lowest BCUT2D eigenvalue weighted by molar-refractivity contribution is 0.686. The fraction of sp³-hybridized carbons (Fsp3) is 0.462. The van der Waals surface area contributed by atoms with E-state index < -0.39 is 0 Å². The molecule has 3 heteroatoms. The van der Waals surface area contributed by atoms with E-state index in [9.17, 15) is 0 Å². The lowest BCUT2D eigenvalue weighted by Crippen LogP contribution is -2.23. The highest BCUT2D eigenvalue weighted by atomic mass is 15.1. The van der Waals surface area contributed by atoms with E-state index in [1.165, 1.54) is 19.3 Å². The lowest BCUT2D eigenvalue weighted by Gasteiger charge is -2.04. The zero-order valence-electron chi connectivity index (χ0n) is 9.26. The molecule has 2 saturated carbocycles. The van der Waals surface area contributed by atoms with Gasteiger partial charge in [0.2, 0.25) is 0 Å². The minimum absolute atomic E-state index is 0.490. The van der Waals surface area contributed by atoms with Gasteiger partial charge >= 0.3 is 0 Å². The third-order valence-electron chi connectivity index (χ3n) is 3.38. The van der Waals surface area contributed by atoms with Gasteiger partial charge in [-0.25, -0.2) is 4.99 Å². The van der Waals surface area contributed by atoms with Crippen LogP contribution in [0.3, 0.4) is 0 Å². The molecule has 1 aromatic carbocycles. The van der Waals surface area contributed by atoms with Crippen molar-refractivity contribution in [3.05, 3.63) is 30.3 Å². The Bertz CT molecular complexity index is 395. The predicted octanol–water partition coefficient (Wildman–Crippen LogP) is 2.21. The molecular formula is C13H17N3. The van der Waals surface area contributed by atoms with Crippen LogP contribution in [-0.2, 0) is 0 Å². The van der Waals surface area contributed by atoms with E-state index in [4.69, 9.17) is 5.73 Å². The first kappa shape index (κ1) is 9.70. The number of aliphatic imine (C=N–C) groups is 1. The van der Waals surface area contributed by atoms with Gasteiger partial charge in [-0.2, -0.15) is 0 Å². The van der Waals surface area contributed by atoms with Crippen molar-refractivity contribution in [2.45, 2.75) is 25.3 Å². The minimum atomic E-state index is 0.490. The smallest absolute Gasteiger partial charge is 0.193 e. The van der Waals surface area contributed by atoms with Gasteiger partial charge in [0.1, 0.15) is 0 Å². The van der Waals surface area contributed by atoms with E-state index >= 15 is 0 Å². The van der Waals surface area contributed by atoms with Gasteiger partial charge in [-0.1, -0.05) is 18.2 Å². The lowest BCUT2D eigenvalue weighted by atomic mass is 10.3. The van der Waals surface area contributed by atoms with Crippen molar-refractivity contribution in [1.29, 1.82) is 0 Å². The molecule has 1 aromatic rings. The molecule has 0 amide bonds. The summed E-state index contributed by atoms with van der Waals surface area (Å²) in [5.41, 5.74) is 6.88. The van der Waals surface area contributed by atoms with Crippen molar-refractivity contribution >= 4 is 11.6 Å². The molecule has 0 bridgehead atoms. The van der Waals surface area contributed by atoms with Crippen LogP contribution in [0, 0.1) is 11.8 Å². The first-order valence-electron chi connectivity index (χ1n) is 5.98. The third-order valence-corrected chi connectivity index (χ3v) is 3.38. The van der Waals surface area contributed by atoms with Gasteiger partial charge in [0.25, 0.3) is 0 Å². The summed E-state index contributed by atoms with van der Waals surface area (Å²) in [5, 5.41) is 3.12. The molecule has 2 aliphatic carbocycles. The molecule has 0 unspecified atom stereocenters. The number of guanidine groups is 1. The van der Waals surface area contributed by atoms with Crippen molar-refractivity contribution < 1.29 is 0 Å². The number of nitrogens with one attached hydrogen (secondary N) is 1. The maximum absolute atomic E-state index is 5.87. The third kappa shape index (κ3) is 2.18. The highest BCUT2D eigenvalue weighted by molar-refractivity contribution is 5.92. The summed E-state index contributed by atoms with van der Waals surface area (Å²) in [7, 11) is 0. The highest BCUT2D eigenvalue weighted by Gasteiger charge is 2.47.